The van der Waals surface area contributed by atoms with Crippen molar-refractivity contribution in [3.63, 3.8) is 0 Å². The number of pyridine rings is 1. The second kappa shape index (κ2) is 5.35. The molecule has 0 fully saturated rings. The summed E-state index contributed by atoms with van der Waals surface area (Å²) in [7, 11) is 1.58. The van der Waals surface area contributed by atoms with Crippen LogP contribution in [0.25, 0.3) is 0 Å². The third kappa shape index (κ3) is 2.72. The van der Waals surface area contributed by atoms with Crippen LogP contribution in [0.15, 0.2) is 42.6 Å². The van der Waals surface area contributed by atoms with Gasteiger partial charge in [-0.15, -0.1) is 0 Å². The van der Waals surface area contributed by atoms with Crippen LogP contribution >= 0.6 is 0 Å². The van der Waals surface area contributed by atoms with Gasteiger partial charge in [0.05, 0.1) is 10.5 Å². The van der Waals surface area contributed by atoms with Gasteiger partial charge in [0.2, 0.25) is 0 Å². The fourth-order valence-electron chi connectivity index (χ4n) is 1.64. The Morgan fingerprint density at radius 3 is 2.40 bits per heavy atom. The van der Waals surface area contributed by atoms with E-state index >= 15 is 0 Å². The molecule has 7 nitrogen and oxygen atoms in total. The Labute approximate surface area is 114 Å². The quantitative estimate of drug-likeness (QED) is 0.678. The van der Waals surface area contributed by atoms with E-state index in [1.54, 1.807) is 13.1 Å². The molecule has 2 aromatic rings. The van der Waals surface area contributed by atoms with Crippen LogP contribution < -0.4 is 10.6 Å². The average molecular weight is 272 g/mol. The van der Waals surface area contributed by atoms with Crippen molar-refractivity contribution >= 4 is 23.1 Å². The van der Waals surface area contributed by atoms with E-state index in [1.807, 2.05) is 0 Å². The zero-order valence-corrected chi connectivity index (χ0v) is 10.7. The summed E-state index contributed by atoms with van der Waals surface area (Å²) in [6, 6.07) is 8.84. The Balaban J connectivity index is 2.22. The highest BCUT2D eigenvalue weighted by molar-refractivity contribution is 6.05. The number of aromatic nitrogens is 1. The summed E-state index contributed by atoms with van der Waals surface area (Å²) in [5.41, 5.74) is 6.38. The highest BCUT2D eigenvalue weighted by atomic mass is 16.6. The van der Waals surface area contributed by atoms with Crippen LogP contribution in [0.2, 0.25) is 0 Å². The number of hydrogen-bond acceptors (Lipinski definition) is 5. The topological polar surface area (TPSA) is 102 Å². The van der Waals surface area contributed by atoms with Gasteiger partial charge < -0.3 is 10.6 Å². The Bertz CT molecular complexity index is 638. The van der Waals surface area contributed by atoms with Crippen molar-refractivity contribution in [2.75, 3.05) is 17.7 Å². The fraction of sp³-hybridized carbons (Fsp3) is 0.0769. The van der Waals surface area contributed by atoms with Gasteiger partial charge in [0.1, 0.15) is 5.82 Å². The van der Waals surface area contributed by atoms with Gasteiger partial charge >= 0.3 is 0 Å². The van der Waals surface area contributed by atoms with Crippen molar-refractivity contribution in [3.05, 3.63) is 58.3 Å². The van der Waals surface area contributed by atoms with E-state index in [-0.39, 0.29) is 11.6 Å². The van der Waals surface area contributed by atoms with Gasteiger partial charge in [-0.25, -0.2) is 4.98 Å². The van der Waals surface area contributed by atoms with Crippen LogP contribution in [0.1, 0.15) is 10.4 Å². The normalized spacial score (nSPS) is 10.1. The van der Waals surface area contributed by atoms with Gasteiger partial charge in [-0.1, -0.05) is 0 Å². The summed E-state index contributed by atoms with van der Waals surface area (Å²) in [5, 5.41) is 10.6. The van der Waals surface area contributed by atoms with Crippen molar-refractivity contribution in [2.45, 2.75) is 0 Å². The highest BCUT2D eigenvalue weighted by Crippen LogP contribution is 2.19. The summed E-state index contributed by atoms with van der Waals surface area (Å²) in [4.78, 5) is 27.5. The Hall–Kier alpha value is -2.96. The van der Waals surface area contributed by atoms with Crippen molar-refractivity contribution < 1.29 is 9.72 Å². The summed E-state index contributed by atoms with van der Waals surface area (Å²) in [5.74, 6) is 0.0610. The van der Waals surface area contributed by atoms with Crippen LogP contribution in [-0.4, -0.2) is 22.9 Å². The molecule has 2 rings (SSSR count). The number of nitrogen functional groups attached to an aromatic ring is 1. The van der Waals surface area contributed by atoms with E-state index in [2.05, 4.69) is 4.98 Å². The Morgan fingerprint density at radius 1 is 1.25 bits per heavy atom. The van der Waals surface area contributed by atoms with E-state index in [0.29, 0.717) is 17.1 Å². The zero-order valence-electron chi connectivity index (χ0n) is 10.7. The molecular weight excluding hydrogens is 260 g/mol. The van der Waals surface area contributed by atoms with Crippen molar-refractivity contribution in [3.8, 4) is 0 Å². The van der Waals surface area contributed by atoms with Crippen molar-refractivity contribution in [1.29, 1.82) is 0 Å². The maximum Gasteiger partial charge on any atom is 0.269 e. The molecule has 1 aromatic heterocycles. The zero-order chi connectivity index (χ0) is 14.7. The lowest BCUT2D eigenvalue weighted by Gasteiger charge is -2.17. The van der Waals surface area contributed by atoms with Gasteiger partial charge in [0, 0.05) is 31.1 Å². The second-order valence-electron chi connectivity index (χ2n) is 4.11. The molecule has 1 heterocycles. The van der Waals surface area contributed by atoms with Crippen LogP contribution in [0.3, 0.4) is 0 Å². The molecule has 102 valence electrons. The third-order valence-corrected chi connectivity index (χ3v) is 2.79. The van der Waals surface area contributed by atoms with Gasteiger partial charge in [0.15, 0.2) is 0 Å². The largest absolute Gasteiger partial charge is 0.384 e. The van der Waals surface area contributed by atoms with E-state index < -0.39 is 4.92 Å². The summed E-state index contributed by atoms with van der Waals surface area (Å²) in [6.07, 6.45) is 1.39. The maximum absolute atomic E-state index is 12.2. The van der Waals surface area contributed by atoms with Gasteiger partial charge in [-0.3, -0.25) is 14.9 Å². The van der Waals surface area contributed by atoms with E-state index in [1.165, 1.54) is 41.4 Å². The monoisotopic (exact) mass is 272 g/mol. The molecule has 1 aromatic carbocycles. The first-order valence-electron chi connectivity index (χ1n) is 5.73. The number of nitro benzene ring substituents is 1. The van der Waals surface area contributed by atoms with E-state index in [0.717, 1.165) is 0 Å². The molecule has 0 saturated heterocycles. The minimum atomic E-state index is -0.491. The molecule has 7 heteroatoms. The number of carbonyl (C=O) groups is 1. The number of nitrogens with two attached hydrogens (primary N) is 1. The Kier molecular flexibility index (Phi) is 3.60. The summed E-state index contributed by atoms with van der Waals surface area (Å²) >= 11 is 0. The summed E-state index contributed by atoms with van der Waals surface area (Å²) < 4.78 is 0. The SMILES string of the molecule is CN(C(=O)c1ccc(N)nc1)c1ccc([N+](=O)[O-])cc1. The molecule has 0 aliphatic carbocycles. The predicted octanol–water partition coefficient (Wildman–Crippen LogP) is 1.85. The first kappa shape index (κ1) is 13.5. The van der Waals surface area contributed by atoms with Gasteiger partial charge in [-0.2, -0.15) is 0 Å². The third-order valence-electron chi connectivity index (χ3n) is 2.79. The molecular formula is C13H12N4O3. The maximum atomic E-state index is 12.2. The lowest BCUT2D eigenvalue weighted by molar-refractivity contribution is -0.384. The first-order valence-corrected chi connectivity index (χ1v) is 5.73. The van der Waals surface area contributed by atoms with Crippen LogP contribution in [0.5, 0.6) is 0 Å². The number of non-ortho nitro benzene ring substituents is 1. The Morgan fingerprint density at radius 2 is 1.90 bits per heavy atom. The molecule has 1 amide bonds. The van der Waals surface area contributed by atoms with E-state index in [9.17, 15) is 14.9 Å². The van der Waals surface area contributed by atoms with Crippen LogP contribution in [0.4, 0.5) is 17.2 Å². The first-order chi connectivity index (χ1) is 9.49. The molecule has 0 bridgehead atoms. The van der Waals surface area contributed by atoms with Crippen molar-refractivity contribution in [1.82, 2.24) is 4.98 Å². The summed E-state index contributed by atoms with van der Waals surface area (Å²) in [6.45, 7) is 0. The van der Waals surface area contributed by atoms with Crippen molar-refractivity contribution in [2.24, 2.45) is 0 Å². The average Bonchev–Trinajstić information content (AvgIpc) is 2.46. The number of benzene rings is 1. The second-order valence-corrected chi connectivity index (χ2v) is 4.11. The lowest BCUT2D eigenvalue weighted by Crippen LogP contribution is -2.26. The highest BCUT2D eigenvalue weighted by Gasteiger charge is 2.14. The number of nitro groups is 1. The number of nitrogens with zero attached hydrogens (tertiary/aromatic N) is 3. The smallest absolute Gasteiger partial charge is 0.269 e. The minimum Gasteiger partial charge on any atom is -0.384 e. The molecule has 0 spiro atoms. The number of amides is 1. The molecule has 0 aliphatic rings. The molecule has 0 saturated carbocycles. The standard InChI is InChI=1S/C13H12N4O3/c1-16(10-3-5-11(6-4-10)17(19)20)13(18)9-2-7-12(14)15-8-9/h2-8H,1H3,(H2,14,15). The minimum absolute atomic E-state index is 0.0243. The fourth-order valence-corrected chi connectivity index (χ4v) is 1.64. The molecule has 0 radical (unpaired) electrons. The van der Waals surface area contributed by atoms with Gasteiger partial charge in [0.25, 0.3) is 11.6 Å². The molecule has 2 N–H and O–H groups in total. The lowest BCUT2D eigenvalue weighted by atomic mass is 10.2. The molecule has 0 unspecified atom stereocenters. The van der Waals surface area contributed by atoms with Crippen LogP contribution in [-0.2, 0) is 0 Å². The number of anilines is 2. The predicted molar refractivity (Wildman–Crippen MR) is 74.5 cm³/mol. The molecule has 0 atom stereocenters. The van der Waals surface area contributed by atoms with Gasteiger partial charge in [-0.05, 0) is 24.3 Å². The number of carbonyl (C=O) groups excluding carboxylic acids is 1. The molecule has 20 heavy (non-hydrogen) atoms. The van der Waals surface area contributed by atoms with E-state index in [4.69, 9.17) is 5.73 Å². The van der Waals surface area contributed by atoms with Crippen LogP contribution in [0, 0.1) is 10.1 Å². The number of hydrogen-bond donors (Lipinski definition) is 1. The number of rotatable bonds is 3. The molecule has 0 aliphatic heterocycles.